The zero-order chi connectivity index (χ0) is 18.4. The molecule has 0 fully saturated rings. The first-order valence-corrected chi connectivity index (χ1v) is 9.53. The number of hydrogen-bond donors (Lipinski definition) is 1. The number of aromatic nitrogens is 3. The molecule has 5 rings (SSSR count). The van der Waals surface area contributed by atoms with Gasteiger partial charge in [-0.3, -0.25) is 4.98 Å². The summed E-state index contributed by atoms with van der Waals surface area (Å²) in [5.41, 5.74) is 12.2. The zero-order valence-corrected chi connectivity index (χ0v) is 15.5. The van der Waals surface area contributed by atoms with E-state index in [-0.39, 0.29) is 0 Å². The van der Waals surface area contributed by atoms with E-state index in [2.05, 4.69) is 46.5 Å². The minimum atomic E-state index is 0.565. The van der Waals surface area contributed by atoms with E-state index >= 15 is 0 Å². The van der Waals surface area contributed by atoms with Crippen LogP contribution in [0.4, 0.5) is 5.82 Å². The van der Waals surface area contributed by atoms with Crippen LogP contribution in [0.1, 0.15) is 5.56 Å². The van der Waals surface area contributed by atoms with E-state index in [0.717, 1.165) is 43.5 Å². The average Bonchev–Trinajstić information content (AvgIpc) is 3.14. The third kappa shape index (κ3) is 2.64. The van der Waals surface area contributed by atoms with Gasteiger partial charge in [0.2, 0.25) is 0 Å². The molecule has 0 radical (unpaired) electrons. The molecule has 0 bridgehead atoms. The lowest BCUT2D eigenvalue weighted by molar-refractivity contribution is 1.27. The van der Waals surface area contributed by atoms with Gasteiger partial charge in [-0.2, -0.15) is 0 Å². The summed E-state index contributed by atoms with van der Waals surface area (Å²) in [5, 5.41) is 4.29. The highest BCUT2D eigenvalue weighted by atomic mass is 32.1. The molecule has 4 heterocycles. The standard InChI is InChI=1S/C22H16N4S/c1-13-10-19(17-4-2-3-8-24-17)26-18-11-14(5-6-15(13)18)16-12-27-20-7-9-25-22(23)21(16)20/h2-12H,1H3,(H2,23,25). The molecule has 0 aliphatic heterocycles. The number of rotatable bonds is 2. The van der Waals surface area contributed by atoms with Crippen LogP contribution in [0.15, 0.2) is 66.3 Å². The largest absolute Gasteiger partial charge is 0.383 e. The van der Waals surface area contributed by atoms with Gasteiger partial charge in [0.05, 0.1) is 16.9 Å². The number of anilines is 1. The van der Waals surface area contributed by atoms with Crippen molar-refractivity contribution in [3.05, 3.63) is 71.9 Å². The van der Waals surface area contributed by atoms with Gasteiger partial charge in [-0.15, -0.1) is 11.3 Å². The summed E-state index contributed by atoms with van der Waals surface area (Å²) in [6.45, 7) is 2.11. The Morgan fingerprint density at radius 3 is 2.70 bits per heavy atom. The minimum absolute atomic E-state index is 0.565. The third-order valence-electron chi connectivity index (χ3n) is 4.77. The molecular weight excluding hydrogens is 352 g/mol. The Labute approximate surface area is 160 Å². The topological polar surface area (TPSA) is 64.7 Å². The molecule has 4 nitrogen and oxygen atoms in total. The second-order valence-electron chi connectivity index (χ2n) is 6.49. The van der Waals surface area contributed by atoms with Crippen LogP contribution in [0.3, 0.4) is 0 Å². The summed E-state index contributed by atoms with van der Waals surface area (Å²) in [7, 11) is 0. The van der Waals surface area contributed by atoms with Crippen LogP contribution in [-0.4, -0.2) is 15.0 Å². The number of thiophene rings is 1. The second-order valence-corrected chi connectivity index (χ2v) is 7.40. The first kappa shape index (κ1) is 15.9. The summed E-state index contributed by atoms with van der Waals surface area (Å²) >= 11 is 1.68. The van der Waals surface area contributed by atoms with Crippen LogP contribution >= 0.6 is 11.3 Å². The predicted molar refractivity (Wildman–Crippen MR) is 113 cm³/mol. The number of nitrogen functional groups attached to an aromatic ring is 1. The summed E-state index contributed by atoms with van der Waals surface area (Å²) in [4.78, 5) is 13.6. The number of pyridine rings is 3. The monoisotopic (exact) mass is 368 g/mol. The van der Waals surface area contributed by atoms with Crippen molar-refractivity contribution in [2.45, 2.75) is 6.92 Å². The molecule has 0 saturated heterocycles. The molecule has 0 aliphatic rings. The van der Waals surface area contributed by atoms with Crippen molar-refractivity contribution < 1.29 is 0 Å². The second kappa shape index (κ2) is 6.14. The van der Waals surface area contributed by atoms with Crippen LogP contribution in [-0.2, 0) is 0 Å². The molecule has 1 aromatic carbocycles. The van der Waals surface area contributed by atoms with E-state index in [4.69, 9.17) is 10.7 Å². The fourth-order valence-corrected chi connectivity index (χ4v) is 4.41. The molecule has 27 heavy (non-hydrogen) atoms. The smallest absolute Gasteiger partial charge is 0.132 e. The Morgan fingerprint density at radius 2 is 1.85 bits per heavy atom. The van der Waals surface area contributed by atoms with Crippen molar-refractivity contribution >= 4 is 38.1 Å². The van der Waals surface area contributed by atoms with Gasteiger partial charge >= 0.3 is 0 Å². The van der Waals surface area contributed by atoms with E-state index in [9.17, 15) is 0 Å². The average molecular weight is 368 g/mol. The Hall–Kier alpha value is -3.31. The number of nitrogens with two attached hydrogens (primary N) is 1. The van der Waals surface area contributed by atoms with Gasteiger partial charge in [-0.1, -0.05) is 18.2 Å². The molecule has 4 aromatic heterocycles. The highest BCUT2D eigenvalue weighted by molar-refractivity contribution is 7.17. The van der Waals surface area contributed by atoms with Crippen LogP contribution in [0.2, 0.25) is 0 Å². The lowest BCUT2D eigenvalue weighted by Crippen LogP contribution is -1.92. The molecule has 2 N–H and O–H groups in total. The van der Waals surface area contributed by atoms with E-state index in [1.54, 1.807) is 23.7 Å². The highest BCUT2D eigenvalue weighted by Gasteiger charge is 2.12. The fourth-order valence-electron chi connectivity index (χ4n) is 3.44. The quantitative estimate of drug-likeness (QED) is 0.449. The van der Waals surface area contributed by atoms with Crippen LogP contribution in [0.25, 0.3) is 43.5 Å². The van der Waals surface area contributed by atoms with Crippen molar-refractivity contribution in [2.24, 2.45) is 0 Å². The Balaban J connectivity index is 1.73. The maximum absolute atomic E-state index is 6.15. The Bertz CT molecular complexity index is 1290. The van der Waals surface area contributed by atoms with Gasteiger partial charge in [0.15, 0.2) is 0 Å². The molecule has 130 valence electrons. The summed E-state index contributed by atoms with van der Waals surface area (Å²) < 4.78 is 1.14. The molecule has 0 saturated carbocycles. The number of aryl methyl sites for hydroxylation is 1. The van der Waals surface area contributed by atoms with Crippen molar-refractivity contribution in [1.82, 2.24) is 15.0 Å². The maximum Gasteiger partial charge on any atom is 0.132 e. The van der Waals surface area contributed by atoms with Gasteiger partial charge in [0, 0.05) is 33.4 Å². The van der Waals surface area contributed by atoms with Crippen molar-refractivity contribution in [3.63, 3.8) is 0 Å². The van der Waals surface area contributed by atoms with Gasteiger partial charge < -0.3 is 5.73 Å². The van der Waals surface area contributed by atoms with Crippen molar-refractivity contribution in [2.75, 3.05) is 5.73 Å². The Kier molecular flexibility index (Phi) is 3.62. The summed E-state index contributed by atoms with van der Waals surface area (Å²) in [5.74, 6) is 0.565. The number of benzene rings is 1. The number of fused-ring (bicyclic) bond motifs is 2. The SMILES string of the molecule is Cc1cc(-c2ccccn2)nc2cc(-c3csc4ccnc(N)c34)ccc12. The van der Waals surface area contributed by atoms with E-state index in [1.165, 1.54) is 5.56 Å². The molecular formula is C22H16N4S. The number of hydrogen-bond acceptors (Lipinski definition) is 5. The van der Waals surface area contributed by atoms with Gasteiger partial charge in [0.1, 0.15) is 5.82 Å². The van der Waals surface area contributed by atoms with E-state index < -0.39 is 0 Å². The molecule has 0 amide bonds. The molecule has 0 atom stereocenters. The maximum atomic E-state index is 6.15. The van der Waals surface area contributed by atoms with Gasteiger partial charge in [-0.05, 0) is 53.8 Å². The molecule has 0 unspecified atom stereocenters. The number of nitrogens with zero attached hydrogens (tertiary/aromatic N) is 3. The first-order chi connectivity index (χ1) is 13.2. The summed E-state index contributed by atoms with van der Waals surface area (Å²) in [6.07, 6.45) is 3.54. The van der Waals surface area contributed by atoms with Gasteiger partial charge in [0.25, 0.3) is 0 Å². The molecule has 5 heteroatoms. The zero-order valence-electron chi connectivity index (χ0n) is 14.7. The minimum Gasteiger partial charge on any atom is -0.383 e. The Morgan fingerprint density at radius 1 is 0.926 bits per heavy atom. The van der Waals surface area contributed by atoms with Gasteiger partial charge in [-0.25, -0.2) is 9.97 Å². The highest BCUT2D eigenvalue weighted by Crippen LogP contribution is 2.37. The fraction of sp³-hybridized carbons (Fsp3) is 0.0455. The van der Waals surface area contributed by atoms with E-state index in [1.807, 2.05) is 24.3 Å². The van der Waals surface area contributed by atoms with Crippen LogP contribution in [0.5, 0.6) is 0 Å². The lowest BCUT2D eigenvalue weighted by atomic mass is 10.0. The molecule has 0 aliphatic carbocycles. The van der Waals surface area contributed by atoms with Crippen LogP contribution < -0.4 is 5.73 Å². The van der Waals surface area contributed by atoms with Crippen molar-refractivity contribution in [1.29, 1.82) is 0 Å². The predicted octanol–water partition coefficient (Wildman–Crippen LogP) is 5.46. The van der Waals surface area contributed by atoms with E-state index in [0.29, 0.717) is 5.82 Å². The molecule has 0 spiro atoms. The van der Waals surface area contributed by atoms with Crippen LogP contribution in [0, 0.1) is 6.92 Å². The summed E-state index contributed by atoms with van der Waals surface area (Å²) in [6, 6.07) is 16.4. The third-order valence-corrected chi connectivity index (χ3v) is 5.72. The normalized spacial score (nSPS) is 11.3. The van der Waals surface area contributed by atoms with Crippen molar-refractivity contribution in [3.8, 4) is 22.5 Å². The lowest BCUT2D eigenvalue weighted by Gasteiger charge is -2.08. The first-order valence-electron chi connectivity index (χ1n) is 8.65. The molecule has 5 aromatic rings.